The first kappa shape index (κ1) is 19.1. The molecule has 0 aliphatic carbocycles. The average Bonchev–Trinajstić information content (AvgIpc) is 2.87. The minimum Gasteiger partial charge on any atom is -0.462 e. The lowest BCUT2D eigenvalue weighted by molar-refractivity contribution is -0.682. The van der Waals surface area contributed by atoms with E-state index >= 15 is 0 Å². The maximum absolute atomic E-state index is 12.3. The van der Waals surface area contributed by atoms with Crippen LogP contribution in [0, 0.1) is 13.8 Å². The van der Waals surface area contributed by atoms with Crippen LogP contribution in [0.4, 0.5) is 5.00 Å². The van der Waals surface area contributed by atoms with Crippen molar-refractivity contribution in [3.05, 3.63) is 51.9 Å². The lowest BCUT2D eigenvalue weighted by atomic mass is 10.1. The first-order chi connectivity index (χ1) is 11.9. The molecule has 0 aliphatic rings. The Labute approximate surface area is 152 Å². The van der Waals surface area contributed by atoms with E-state index in [0.717, 1.165) is 10.4 Å². The number of rotatable bonds is 7. The molecular weight excluding hydrogens is 336 g/mol. The van der Waals surface area contributed by atoms with Gasteiger partial charge in [-0.2, -0.15) is 0 Å². The van der Waals surface area contributed by atoms with Gasteiger partial charge in [-0.1, -0.05) is 30.3 Å². The van der Waals surface area contributed by atoms with Crippen LogP contribution >= 0.6 is 11.3 Å². The molecule has 0 saturated heterocycles. The van der Waals surface area contributed by atoms with Crippen LogP contribution in [0.25, 0.3) is 0 Å². The normalized spacial score (nSPS) is 11.8. The van der Waals surface area contributed by atoms with Gasteiger partial charge in [0.15, 0.2) is 6.54 Å². The highest BCUT2D eigenvalue weighted by Gasteiger charge is 2.22. The monoisotopic (exact) mass is 361 g/mol. The Morgan fingerprint density at radius 1 is 1.24 bits per heavy atom. The molecule has 0 saturated carbocycles. The summed E-state index contributed by atoms with van der Waals surface area (Å²) in [6, 6.07) is 10.2. The zero-order valence-corrected chi connectivity index (χ0v) is 15.9. The predicted molar refractivity (Wildman–Crippen MR) is 100 cm³/mol. The number of aryl methyl sites for hydroxylation is 1. The predicted octanol–water partition coefficient (Wildman–Crippen LogP) is 2.80. The molecule has 2 aromatic rings. The second-order valence-corrected chi connectivity index (χ2v) is 7.12. The Kier molecular flexibility index (Phi) is 6.73. The van der Waals surface area contributed by atoms with Gasteiger partial charge in [0, 0.05) is 10.4 Å². The molecule has 1 aromatic carbocycles. The number of benzene rings is 1. The molecule has 0 aliphatic heterocycles. The van der Waals surface area contributed by atoms with Gasteiger partial charge < -0.3 is 15.4 Å². The number of ether oxygens (including phenoxy) is 1. The van der Waals surface area contributed by atoms with Crippen LogP contribution in [-0.2, 0) is 9.53 Å². The fraction of sp³-hybridized carbons (Fsp3) is 0.368. The van der Waals surface area contributed by atoms with Gasteiger partial charge in [0.1, 0.15) is 11.0 Å². The molecule has 134 valence electrons. The van der Waals surface area contributed by atoms with Gasteiger partial charge in [-0.15, -0.1) is 11.3 Å². The third-order valence-electron chi connectivity index (χ3n) is 4.10. The van der Waals surface area contributed by atoms with Crippen LogP contribution in [-0.4, -0.2) is 25.0 Å². The molecule has 0 unspecified atom stereocenters. The number of carbonyl (C=O) groups excluding carboxylic acids is 2. The molecule has 3 N–H and O–H groups in total. The molecule has 1 amide bonds. The van der Waals surface area contributed by atoms with E-state index in [1.54, 1.807) is 6.92 Å². The molecule has 0 fully saturated rings. The van der Waals surface area contributed by atoms with Gasteiger partial charge in [0.25, 0.3) is 5.91 Å². The number of nitrogens with one attached hydrogen (secondary N) is 1. The highest BCUT2D eigenvalue weighted by atomic mass is 32.1. The number of anilines is 1. The van der Waals surface area contributed by atoms with E-state index in [9.17, 15) is 9.59 Å². The molecule has 0 radical (unpaired) electrons. The number of amides is 1. The summed E-state index contributed by atoms with van der Waals surface area (Å²) in [5.41, 5.74) is 2.50. The van der Waals surface area contributed by atoms with Gasteiger partial charge in [-0.25, -0.2) is 4.79 Å². The fourth-order valence-corrected chi connectivity index (χ4v) is 3.58. The summed E-state index contributed by atoms with van der Waals surface area (Å²) in [7, 11) is 0. The summed E-state index contributed by atoms with van der Waals surface area (Å²) in [4.78, 5) is 25.5. The van der Waals surface area contributed by atoms with Crippen molar-refractivity contribution >= 4 is 28.2 Å². The van der Waals surface area contributed by atoms with Gasteiger partial charge in [-0.05, 0) is 33.3 Å². The fourth-order valence-electron chi connectivity index (χ4n) is 2.52. The molecule has 0 bridgehead atoms. The van der Waals surface area contributed by atoms with Crippen molar-refractivity contribution in [2.24, 2.45) is 0 Å². The van der Waals surface area contributed by atoms with Crippen molar-refractivity contribution in [3.8, 4) is 0 Å². The zero-order chi connectivity index (χ0) is 18.4. The molecule has 25 heavy (non-hydrogen) atoms. The van der Waals surface area contributed by atoms with Crippen molar-refractivity contribution in [2.75, 3.05) is 18.5 Å². The largest absolute Gasteiger partial charge is 0.462 e. The quantitative estimate of drug-likeness (QED) is 0.745. The lowest BCUT2D eigenvalue weighted by Crippen LogP contribution is -2.86. The van der Waals surface area contributed by atoms with Gasteiger partial charge in [0.2, 0.25) is 0 Å². The van der Waals surface area contributed by atoms with Crippen LogP contribution in [0.5, 0.6) is 0 Å². The van der Waals surface area contributed by atoms with Crippen LogP contribution in [0.2, 0.25) is 0 Å². The van der Waals surface area contributed by atoms with Gasteiger partial charge in [-0.3, -0.25) is 4.79 Å². The smallest absolute Gasteiger partial charge is 0.341 e. The van der Waals surface area contributed by atoms with Crippen molar-refractivity contribution in [3.63, 3.8) is 0 Å². The van der Waals surface area contributed by atoms with E-state index in [-0.39, 0.29) is 24.5 Å². The Morgan fingerprint density at radius 2 is 1.92 bits per heavy atom. The van der Waals surface area contributed by atoms with E-state index in [1.807, 2.05) is 49.5 Å². The lowest BCUT2D eigenvalue weighted by Gasteiger charge is -2.11. The van der Waals surface area contributed by atoms with Crippen LogP contribution < -0.4 is 10.6 Å². The molecule has 6 heteroatoms. The van der Waals surface area contributed by atoms with Gasteiger partial charge >= 0.3 is 5.97 Å². The SMILES string of the molecule is CCOC(=O)c1c(NC(=O)C[NH2+][C@H](C)c2ccccc2)sc(C)c1C. The Balaban J connectivity index is 2.01. The van der Waals surface area contributed by atoms with Crippen molar-refractivity contribution < 1.29 is 19.6 Å². The number of hydrogen-bond acceptors (Lipinski definition) is 4. The van der Waals surface area contributed by atoms with Gasteiger partial charge in [0.05, 0.1) is 12.2 Å². The summed E-state index contributed by atoms with van der Waals surface area (Å²) >= 11 is 1.41. The molecule has 1 atom stereocenters. The van der Waals surface area contributed by atoms with Crippen LogP contribution in [0.1, 0.15) is 46.3 Å². The number of carbonyl (C=O) groups is 2. The van der Waals surface area contributed by atoms with E-state index in [4.69, 9.17) is 4.74 Å². The third-order valence-corrected chi connectivity index (χ3v) is 5.22. The van der Waals surface area contributed by atoms with Crippen molar-refractivity contribution in [1.82, 2.24) is 0 Å². The maximum atomic E-state index is 12.3. The van der Waals surface area contributed by atoms with E-state index in [1.165, 1.54) is 16.9 Å². The molecule has 1 heterocycles. The van der Waals surface area contributed by atoms with Crippen LogP contribution in [0.15, 0.2) is 30.3 Å². The topological polar surface area (TPSA) is 72.0 Å². The highest BCUT2D eigenvalue weighted by molar-refractivity contribution is 7.16. The standard InChI is InChI=1S/C19H24N2O3S/c1-5-24-19(23)17-12(2)14(4)25-18(17)21-16(22)11-20-13(3)15-9-7-6-8-10-15/h6-10,13,20H,5,11H2,1-4H3,(H,21,22)/p+1/t13-/m1/s1. The summed E-state index contributed by atoms with van der Waals surface area (Å²) in [5.74, 6) is -0.518. The summed E-state index contributed by atoms with van der Waals surface area (Å²) in [6.45, 7) is 8.23. The minimum absolute atomic E-state index is 0.130. The number of thiophene rings is 1. The Hall–Kier alpha value is -2.18. The summed E-state index contributed by atoms with van der Waals surface area (Å²) in [5, 5.41) is 5.41. The van der Waals surface area contributed by atoms with Crippen molar-refractivity contribution in [2.45, 2.75) is 33.7 Å². The first-order valence-electron chi connectivity index (χ1n) is 8.39. The Morgan fingerprint density at radius 3 is 2.56 bits per heavy atom. The first-order valence-corrected chi connectivity index (χ1v) is 9.20. The average molecular weight is 361 g/mol. The third kappa shape index (κ3) is 4.90. The van der Waals surface area contributed by atoms with E-state index < -0.39 is 0 Å². The number of quaternary nitrogens is 1. The molecule has 1 aromatic heterocycles. The molecule has 0 spiro atoms. The number of nitrogens with two attached hydrogens (primary N) is 1. The number of hydrogen-bond donors (Lipinski definition) is 2. The van der Waals surface area contributed by atoms with Crippen LogP contribution in [0.3, 0.4) is 0 Å². The minimum atomic E-state index is -0.388. The highest BCUT2D eigenvalue weighted by Crippen LogP contribution is 2.32. The maximum Gasteiger partial charge on any atom is 0.341 e. The summed E-state index contributed by atoms with van der Waals surface area (Å²) in [6.07, 6.45) is 0. The Bertz CT molecular complexity index is 741. The second kappa shape index (κ2) is 8.78. The number of esters is 1. The van der Waals surface area contributed by atoms with Crippen molar-refractivity contribution in [1.29, 1.82) is 0 Å². The molecule has 5 nitrogen and oxygen atoms in total. The molecule has 2 rings (SSSR count). The molecular formula is C19H25N2O3S+. The van der Waals surface area contributed by atoms with E-state index in [2.05, 4.69) is 12.2 Å². The second-order valence-electron chi connectivity index (χ2n) is 5.90. The summed E-state index contributed by atoms with van der Waals surface area (Å²) < 4.78 is 5.11. The van der Waals surface area contributed by atoms with E-state index in [0.29, 0.717) is 17.2 Å². The zero-order valence-electron chi connectivity index (χ0n) is 15.1.